The molecule has 0 atom stereocenters. The lowest BCUT2D eigenvalue weighted by molar-refractivity contribution is 0.655. The number of hydrogen-bond acceptors (Lipinski definition) is 5. The van der Waals surface area contributed by atoms with Gasteiger partial charge in [-0.2, -0.15) is 0 Å². The molecule has 0 saturated heterocycles. The number of fused-ring (bicyclic) bond motifs is 4. The average Bonchev–Trinajstić information content (AvgIpc) is 3.42. The van der Waals surface area contributed by atoms with Gasteiger partial charge in [0.05, 0.1) is 5.69 Å². The second kappa shape index (κ2) is 9.50. The van der Waals surface area contributed by atoms with Crippen LogP contribution in [0.3, 0.4) is 0 Å². The van der Waals surface area contributed by atoms with E-state index >= 15 is 0 Å². The maximum atomic E-state index is 6.34. The molecule has 0 aliphatic carbocycles. The highest BCUT2D eigenvalue weighted by molar-refractivity contribution is 6.05. The lowest BCUT2D eigenvalue weighted by Crippen LogP contribution is -2.00. The maximum Gasteiger partial charge on any atom is 0.227 e. The van der Waals surface area contributed by atoms with Gasteiger partial charge < -0.3 is 4.42 Å². The average molecular weight is 527 g/mol. The third-order valence-corrected chi connectivity index (χ3v) is 7.36. The predicted octanol–water partition coefficient (Wildman–Crippen LogP) is 8.99. The summed E-state index contributed by atoms with van der Waals surface area (Å²) >= 11 is 0. The zero-order chi connectivity index (χ0) is 27.2. The quantitative estimate of drug-likeness (QED) is 0.229. The Bertz CT molecular complexity index is 2140. The molecule has 0 amide bonds. The topological polar surface area (TPSA) is 64.7 Å². The van der Waals surface area contributed by atoms with Gasteiger partial charge >= 0.3 is 0 Å². The molecule has 8 rings (SSSR count). The van der Waals surface area contributed by atoms with E-state index in [4.69, 9.17) is 24.4 Å². The van der Waals surface area contributed by atoms with Crippen LogP contribution in [0.4, 0.5) is 0 Å². The van der Waals surface area contributed by atoms with E-state index in [1.165, 1.54) is 10.8 Å². The number of nitrogens with zero attached hydrogens (tertiary/aromatic N) is 4. The Kier molecular flexibility index (Phi) is 5.38. The van der Waals surface area contributed by atoms with Gasteiger partial charge in [-0.15, -0.1) is 0 Å². The molecule has 5 nitrogen and oxygen atoms in total. The third-order valence-electron chi connectivity index (χ3n) is 7.36. The second-order valence-electron chi connectivity index (χ2n) is 9.93. The minimum Gasteiger partial charge on any atom is -0.438 e. The van der Waals surface area contributed by atoms with Crippen LogP contribution in [0.1, 0.15) is 0 Å². The van der Waals surface area contributed by atoms with E-state index in [-0.39, 0.29) is 0 Å². The predicted molar refractivity (Wildman–Crippen MR) is 164 cm³/mol. The maximum absolute atomic E-state index is 6.34. The summed E-state index contributed by atoms with van der Waals surface area (Å²) in [5.41, 5.74) is 6.02. The minimum atomic E-state index is 0.587. The first kappa shape index (κ1) is 23.2. The molecule has 0 bridgehead atoms. The molecule has 0 aliphatic heterocycles. The SMILES string of the molecule is c1ccc(-c2nc(-c3ccccc3)nc(-c3ccc4c(c3)oc3nc(-c5cccc6ccccc56)ccc34)n2)cc1. The van der Waals surface area contributed by atoms with E-state index in [9.17, 15) is 0 Å². The Hall–Kier alpha value is -5.68. The summed E-state index contributed by atoms with van der Waals surface area (Å²) in [7, 11) is 0. The second-order valence-corrected chi connectivity index (χ2v) is 9.93. The molecule has 5 heteroatoms. The molecule has 0 N–H and O–H groups in total. The van der Waals surface area contributed by atoms with Crippen molar-refractivity contribution in [1.82, 2.24) is 19.9 Å². The fraction of sp³-hybridized carbons (Fsp3) is 0. The smallest absolute Gasteiger partial charge is 0.227 e. The first-order chi connectivity index (χ1) is 20.3. The van der Waals surface area contributed by atoms with Crippen LogP contribution < -0.4 is 0 Å². The van der Waals surface area contributed by atoms with Gasteiger partial charge in [0.15, 0.2) is 17.5 Å². The zero-order valence-electron chi connectivity index (χ0n) is 21.9. The molecule has 192 valence electrons. The summed E-state index contributed by atoms with van der Waals surface area (Å²) in [5.74, 6) is 1.84. The molecule has 0 aliphatic rings. The van der Waals surface area contributed by atoms with Crippen molar-refractivity contribution in [2.45, 2.75) is 0 Å². The Morgan fingerprint density at radius 1 is 0.415 bits per heavy atom. The molecule has 0 spiro atoms. The monoisotopic (exact) mass is 526 g/mol. The van der Waals surface area contributed by atoms with Crippen LogP contribution in [0.15, 0.2) is 138 Å². The van der Waals surface area contributed by atoms with Crippen molar-refractivity contribution in [1.29, 1.82) is 0 Å². The Labute approximate surface area is 235 Å². The van der Waals surface area contributed by atoms with Crippen molar-refractivity contribution >= 4 is 32.8 Å². The first-order valence-corrected chi connectivity index (χ1v) is 13.5. The summed E-state index contributed by atoms with van der Waals surface area (Å²) in [4.78, 5) is 19.5. The van der Waals surface area contributed by atoms with Crippen molar-refractivity contribution in [2.75, 3.05) is 0 Å². The van der Waals surface area contributed by atoms with Crippen molar-refractivity contribution in [2.24, 2.45) is 0 Å². The van der Waals surface area contributed by atoms with E-state index < -0.39 is 0 Å². The van der Waals surface area contributed by atoms with Gasteiger partial charge in [-0.25, -0.2) is 19.9 Å². The van der Waals surface area contributed by atoms with Gasteiger partial charge in [-0.05, 0) is 35.0 Å². The van der Waals surface area contributed by atoms with E-state index in [1.54, 1.807) is 0 Å². The number of furan rings is 1. The van der Waals surface area contributed by atoms with Gasteiger partial charge in [-0.1, -0.05) is 109 Å². The van der Waals surface area contributed by atoms with Crippen LogP contribution in [-0.4, -0.2) is 19.9 Å². The Balaban J connectivity index is 1.26. The van der Waals surface area contributed by atoms with Crippen molar-refractivity contribution < 1.29 is 4.42 Å². The first-order valence-electron chi connectivity index (χ1n) is 13.5. The van der Waals surface area contributed by atoms with Crippen molar-refractivity contribution in [3.05, 3.63) is 133 Å². The largest absolute Gasteiger partial charge is 0.438 e. The van der Waals surface area contributed by atoms with Crippen LogP contribution in [-0.2, 0) is 0 Å². The highest BCUT2D eigenvalue weighted by Crippen LogP contribution is 2.34. The molecule has 3 aromatic heterocycles. The molecular weight excluding hydrogens is 504 g/mol. The lowest BCUT2D eigenvalue weighted by Gasteiger charge is -2.08. The summed E-state index contributed by atoms with van der Waals surface area (Å²) in [6, 6.07) is 44.8. The third kappa shape index (κ3) is 4.12. The Morgan fingerprint density at radius 3 is 1.76 bits per heavy atom. The van der Waals surface area contributed by atoms with E-state index in [0.29, 0.717) is 23.2 Å². The van der Waals surface area contributed by atoms with Crippen LogP contribution in [0, 0.1) is 0 Å². The summed E-state index contributed by atoms with van der Waals surface area (Å²) in [5, 5.41) is 4.32. The number of aromatic nitrogens is 4. The molecule has 0 saturated carbocycles. The number of hydrogen-bond donors (Lipinski definition) is 0. The van der Waals surface area contributed by atoms with Gasteiger partial charge in [-0.3, -0.25) is 0 Å². The molecule has 0 fully saturated rings. The van der Waals surface area contributed by atoms with Crippen molar-refractivity contribution in [3.8, 4) is 45.4 Å². The highest BCUT2D eigenvalue weighted by Gasteiger charge is 2.16. The molecule has 8 aromatic rings. The molecule has 3 heterocycles. The summed E-state index contributed by atoms with van der Waals surface area (Å²) < 4.78 is 6.34. The van der Waals surface area contributed by atoms with E-state index in [2.05, 4.69) is 60.7 Å². The fourth-order valence-corrected chi connectivity index (χ4v) is 5.33. The van der Waals surface area contributed by atoms with Crippen molar-refractivity contribution in [3.63, 3.8) is 0 Å². The normalized spacial score (nSPS) is 11.4. The van der Waals surface area contributed by atoms with Gasteiger partial charge in [0.2, 0.25) is 5.71 Å². The zero-order valence-corrected chi connectivity index (χ0v) is 21.9. The number of benzene rings is 5. The minimum absolute atomic E-state index is 0.587. The summed E-state index contributed by atoms with van der Waals surface area (Å²) in [6.45, 7) is 0. The van der Waals surface area contributed by atoms with Gasteiger partial charge in [0.1, 0.15) is 5.58 Å². The van der Waals surface area contributed by atoms with Crippen LogP contribution in [0.2, 0.25) is 0 Å². The molecular formula is C36H22N4O. The van der Waals surface area contributed by atoms with E-state index in [0.717, 1.165) is 44.3 Å². The highest BCUT2D eigenvalue weighted by atomic mass is 16.3. The van der Waals surface area contributed by atoms with Crippen LogP contribution in [0.5, 0.6) is 0 Å². The molecule has 5 aromatic carbocycles. The van der Waals surface area contributed by atoms with Gasteiger partial charge in [0.25, 0.3) is 0 Å². The molecule has 0 radical (unpaired) electrons. The Morgan fingerprint density at radius 2 is 1.02 bits per heavy atom. The van der Waals surface area contributed by atoms with E-state index in [1.807, 2.05) is 72.8 Å². The molecule has 41 heavy (non-hydrogen) atoms. The molecule has 0 unspecified atom stereocenters. The lowest BCUT2D eigenvalue weighted by atomic mass is 10.0. The van der Waals surface area contributed by atoms with Crippen LogP contribution >= 0.6 is 0 Å². The van der Waals surface area contributed by atoms with Gasteiger partial charge in [0, 0.05) is 33.0 Å². The number of pyridine rings is 1. The summed E-state index contributed by atoms with van der Waals surface area (Å²) in [6.07, 6.45) is 0. The fourth-order valence-electron chi connectivity index (χ4n) is 5.33. The standard InChI is InChI=1S/C36H22N4O/c1-3-11-24(12-4-1)33-38-34(25-13-5-2-6-14-25)40-35(39-33)26-18-19-29-30-20-21-31(37-36(30)41-32(29)22-26)28-17-9-15-23-10-7-8-16-27(23)28/h1-22H. The van der Waals surface area contributed by atoms with Crippen LogP contribution in [0.25, 0.3) is 78.3 Å². The number of rotatable bonds is 4.